The molecule has 0 aromatic rings. The van der Waals surface area contributed by atoms with Crippen LogP contribution in [0.5, 0.6) is 0 Å². The van der Waals surface area contributed by atoms with Gasteiger partial charge in [0.05, 0.1) is 0 Å². The minimum atomic E-state index is -0.612. The highest BCUT2D eigenvalue weighted by molar-refractivity contribution is 5.72. The maximum Gasteiger partial charge on any atom is 0.332 e. The largest absolute Gasteiger partial charge is 0.350 e. The van der Waals surface area contributed by atoms with Crippen LogP contribution in [0, 0.1) is 11.8 Å². The fourth-order valence-electron chi connectivity index (χ4n) is 1.33. The van der Waals surface area contributed by atoms with Gasteiger partial charge in [-0.2, -0.15) is 5.10 Å². The number of nitrogens with two attached hydrogens (primary N) is 1. The number of primary amides is 1. The smallest absolute Gasteiger partial charge is 0.332 e. The van der Waals surface area contributed by atoms with Gasteiger partial charge in [0, 0.05) is 6.21 Å². The molecular weight excluding hydrogens is 190 g/mol. The van der Waals surface area contributed by atoms with E-state index in [1.54, 1.807) is 6.21 Å². The van der Waals surface area contributed by atoms with Crippen LogP contribution in [-0.2, 0) is 0 Å². The Morgan fingerprint density at radius 1 is 1.40 bits per heavy atom. The Morgan fingerprint density at radius 2 is 2.07 bits per heavy atom. The van der Waals surface area contributed by atoms with Crippen molar-refractivity contribution in [1.29, 1.82) is 0 Å². The molecule has 88 valence electrons. The molecule has 0 bridgehead atoms. The minimum absolute atomic E-state index is 0.612. The molecule has 0 aromatic carbocycles. The van der Waals surface area contributed by atoms with Crippen LogP contribution in [0.4, 0.5) is 4.79 Å². The zero-order valence-corrected chi connectivity index (χ0v) is 9.99. The van der Waals surface area contributed by atoms with E-state index in [2.05, 4.69) is 31.3 Å². The molecule has 0 unspecified atom stereocenters. The Morgan fingerprint density at radius 3 is 2.60 bits per heavy atom. The van der Waals surface area contributed by atoms with Crippen LogP contribution in [0.25, 0.3) is 0 Å². The molecule has 0 aliphatic rings. The lowest BCUT2D eigenvalue weighted by Crippen LogP contribution is -2.24. The third kappa shape index (κ3) is 10.9. The highest BCUT2D eigenvalue weighted by Gasteiger charge is 2.01. The second kappa shape index (κ2) is 8.26. The Bertz CT molecular complexity index is 202. The van der Waals surface area contributed by atoms with Gasteiger partial charge in [-0.05, 0) is 18.3 Å². The monoisotopic (exact) mass is 213 g/mol. The molecule has 0 spiro atoms. The van der Waals surface area contributed by atoms with Crippen LogP contribution in [0.2, 0.25) is 0 Å². The van der Waals surface area contributed by atoms with Crippen LogP contribution in [0.15, 0.2) is 5.10 Å². The summed E-state index contributed by atoms with van der Waals surface area (Å²) in [6.45, 7) is 6.67. The van der Waals surface area contributed by atoms with Gasteiger partial charge in [-0.25, -0.2) is 10.2 Å². The lowest BCUT2D eigenvalue weighted by atomic mass is 9.98. The van der Waals surface area contributed by atoms with Gasteiger partial charge in [-0.3, -0.25) is 0 Å². The quantitative estimate of drug-likeness (QED) is 0.495. The molecule has 0 heterocycles. The average molecular weight is 213 g/mol. The SMILES string of the molecule is CC(C)CCC[C@H](C)C/C=N\NC(N)=O. The molecule has 0 aliphatic carbocycles. The third-order valence-corrected chi connectivity index (χ3v) is 2.25. The topological polar surface area (TPSA) is 67.5 Å². The molecule has 0 rings (SSSR count). The Hall–Kier alpha value is -1.06. The van der Waals surface area contributed by atoms with E-state index in [9.17, 15) is 4.79 Å². The van der Waals surface area contributed by atoms with Gasteiger partial charge < -0.3 is 5.73 Å². The van der Waals surface area contributed by atoms with Crippen LogP contribution in [-0.4, -0.2) is 12.2 Å². The first-order chi connectivity index (χ1) is 7.02. The number of carbonyl (C=O) groups is 1. The molecule has 0 aliphatic heterocycles. The number of amides is 2. The average Bonchev–Trinajstić information content (AvgIpc) is 2.11. The van der Waals surface area contributed by atoms with Crippen LogP contribution in [0.3, 0.4) is 0 Å². The summed E-state index contributed by atoms with van der Waals surface area (Å²) >= 11 is 0. The summed E-state index contributed by atoms with van der Waals surface area (Å²) in [7, 11) is 0. The summed E-state index contributed by atoms with van der Waals surface area (Å²) in [6, 6.07) is -0.612. The minimum Gasteiger partial charge on any atom is -0.350 e. The lowest BCUT2D eigenvalue weighted by molar-refractivity contribution is 0.249. The van der Waals surface area contributed by atoms with Crippen molar-refractivity contribution in [3.8, 4) is 0 Å². The van der Waals surface area contributed by atoms with E-state index in [1.807, 2.05) is 0 Å². The number of carbonyl (C=O) groups excluding carboxylic acids is 1. The van der Waals surface area contributed by atoms with Gasteiger partial charge in [-0.15, -0.1) is 0 Å². The van der Waals surface area contributed by atoms with Crippen LogP contribution >= 0.6 is 0 Å². The normalized spacial score (nSPS) is 13.3. The molecule has 0 saturated carbocycles. The Balaban J connectivity index is 3.44. The fourth-order valence-corrected chi connectivity index (χ4v) is 1.33. The molecule has 1 atom stereocenters. The third-order valence-electron chi connectivity index (χ3n) is 2.25. The van der Waals surface area contributed by atoms with Crippen LogP contribution < -0.4 is 11.2 Å². The van der Waals surface area contributed by atoms with Crippen molar-refractivity contribution in [2.45, 2.75) is 46.5 Å². The number of hydrazone groups is 1. The molecular formula is C11H23N3O. The molecule has 3 N–H and O–H groups in total. The molecule has 0 saturated heterocycles. The van der Waals surface area contributed by atoms with E-state index in [4.69, 9.17) is 5.73 Å². The predicted molar refractivity (Wildman–Crippen MR) is 63.7 cm³/mol. The summed E-state index contributed by atoms with van der Waals surface area (Å²) in [5.41, 5.74) is 7.04. The maximum atomic E-state index is 10.3. The van der Waals surface area contributed by atoms with E-state index < -0.39 is 6.03 Å². The van der Waals surface area contributed by atoms with Crippen molar-refractivity contribution in [3.05, 3.63) is 0 Å². The van der Waals surface area contributed by atoms with E-state index in [0.29, 0.717) is 5.92 Å². The highest BCUT2D eigenvalue weighted by Crippen LogP contribution is 2.13. The first-order valence-electron chi connectivity index (χ1n) is 5.59. The van der Waals surface area contributed by atoms with E-state index in [0.717, 1.165) is 12.3 Å². The number of urea groups is 1. The molecule has 4 nitrogen and oxygen atoms in total. The predicted octanol–water partition coefficient (Wildman–Crippen LogP) is 2.49. The fraction of sp³-hybridized carbons (Fsp3) is 0.818. The van der Waals surface area contributed by atoms with Crippen molar-refractivity contribution < 1.29 is 4.79 Å². The molecule has 2 amide bonds. The van der Waals surface area contributed by atoms with Crippen molar-refractivity contribution in [2.24, 2.45) is 22.7 Å². The first kappa shape index (κ1) is 13.9. The number of nitrogens with zero attached hydrogens (tertiary/aromatic N) is 1. The summed E-state index contributed by atoms with van der Waals surface area (Å²) in [4.78, 5) is 10.3. The summed E-state index contributed by atoms with van der Waals surface area (Å²) < 4.78 is 0. The molecule has 0 radical (unpaired) electrons. The van der Waals surface area contributed by atoms with E-state index >= 15 is 0 Å². The number of rotatable bonds is 7. The van der Waals surface area contributed by atoms with Gasteiger partial charge in [0.2, 0.25) is 0 Å². The Labute approximate surface area is 92.3 Å². The van der Waals surface area contributed by atoms with Crippen molar-refractivity contribution in [2.75, 3.05) is 0 Å². The first-order valence-corrected chi connectivity index (χ1v) is 5.59. The molecule has 15 heavy (non-hydrogen) atoms. The van der Waals surface area contributed by atoms with Gasteiger partial charge in [-0.1, -0.05) is 40.0 Å². The molecule has 4 heteroatoms. The lowest BCUT2D eigenvalue weighted by Gasteiger charge is -2.09. The second-order valence-electron chi connectivity index (χ2n) is 4.45. The summed E-state index contributed by atoms with van der Waals surface area (Å²) in [5, 5.41) is 3.70. The summed E-state index contributed by atoms with van der Waals surface area (Å²) in [6.07, 6.45) is 6.35. The van der Waals surface area contributed by atoms with Crippen LogP contribution in [0.1, 0.15) is 46.5 Å². The second-order valence-corrected chi connectivity index (χ2v) is 4.45. The molecule has 0 fully saturated rings. The van der Waals surface area contributed by atoms with Gasteiger partial charge in [0.25, 0.3) is 0 Å². The number of hydrogen-bond acceptors (Lipinski definition) is 2. The summed E-state index contributed by atoms with van der Waals surface area (Å²) in [5.74, 6) is 1.39. The van der Waals surface area contributed by atoms with E-state index in [1.165, 1.54) is 19.3 Å². The van der Waals surface area contributed by atoms with Gasteiger partial charge >= 0.3 is 6.03 Å². The van der Waals surface area contributed by atoms with Crippen molar-refractivity contribution in [3.63, 3.8) is 0 Å². The zero-order chi connectivity index (χ0) is 11.7. The van der Waals surface area contributed by atoms with E-state index in [-0.39, 0.29) is 0 Å². The van der Waals surface area contributed by atoms with Crippen molar-refractivity contribution >= 4 is 12.2 Å². The zero-order valence-electron chi connectivity index (χ0n) is 9.99. The number of nitrogens with one attached hydrogen (secondary N) is 1. The standard InChI is InChI=1S/C11H23N3O/c1-9(2)5-4-6-10(3)7-8-13-14-11(12)15/h8-10H,4-7H2,1-3H3,(H3,12,14,15)/b13-8-/t10-/m0/s1. The van der Waals surface area contributed by atoms with Crippen molar-refractivity contribution in [1.82, 2.24) is 5.43 Å². The van der Waals surface area contributed by atoms with Gasteiger partial charge in [0.1, 0.15) is 0 Å². The molecule has 0 aromatic heterocycles. The number of hydrogen-bond donors (Lipinski definition) is 2. The van der Waals surface area contributed by atoms with Gasteiger partial charge in [0.15, 0.2) is 0 Å². The highest BCUT2D eigenvalue weighted by atomic mass is 16.2. The maximum absolute atomic E-state index is 10.3. The Kier molecular flexibility index (Phi) is 7.68.